The van der Waals surface area contributed by atoms with Crippen molar-refractivity contribution in [1.29, 1.82) is 0 Å². The smallest absolute Gasteiger partial charge is 0.249 e. The number of nitrogens with one attached hydrogen (secondary N) is 1. The molecule has 1 aromatic carbocycles. The fourth-order valence-corrected chi connectivity index (χ4v) is 4.63. The van der Waals surface area contributed by atoms with Gasteiger partial charge < -0.3 is 11.1 Å². The van der Waals surface area contributed by atoms with Gasteiger partial charge in [-0.2, -0.15) is 4.31 Å². The normalized spacial score (nSPS) is 18.8. The highest BCUT2D eigenvalue weighted by Crippen LogP contribution is 2.29. The number of aryl methyl sites for hydroxylation is 1. The first-order valence-corrected chi connectivity index (χ1v) is 9.38. The van der Waals surface area contributed by atoms with Crippen LogP contribution in [0.3, 0.4) is 0 Å². The summed E-state index contributed by atoms with van der Waals surface area (Å²) in [6, 6.07) is 7.76. The number of carbonyl (C=O) groups is 1. The van der Waals surface area contributed by atoms with Crippen LogP contribution in [0.2, 0.25) is 0 Å². The van der Waals surface area contributed by atoms with E-state index < -0.39 is 15.9 Å². The van der Waals surface area contributed by atoms with Crippen LogP contribution in [0.5, 0.6) is 0 Å². The number of rotatable bonds is 4. The molecular formula is C17H20N4O3S. The Morgan fingerprint density at radius 3 is 2.84 bits per heavy atom. The first kappa shape index (κ1) is 17.5. The van der Waals surface area contributed by atoms with Crippen LogP contribution >= 0.6 is 0 Å². The highest BCUT2D eigenvalue weighted by molar-refractivity contribution is 7.89. The Labute approximate surface area is 146 Å². The molecule has 7 nitrogen and oxygen atoms in total. The first-order chi connectivity index (χ1) is 11.9. The molecule has 8 heteroatoms. The number of primary amides is 1. The molecule has 1 amide bonds. The molecule has 1 aliphatic rings. The minimum Gasteiger partial charge on any atom is -0.366 e. The lowest BCUT2D eigenvalue weighted by molar-refractivity contribution is 0.0999. The standard InChI is InChI=1S/C17H20N4O3S/c1-12-4-5-14(9-15(12)17(18)22)25(23,24)21-8-7-20-11-16(21)13-3-2-6-19-10-13/h2-6,9-10,16,20H,7-8,11H2,1H3,(H2,18,22). The summed E-state index contributed by atoms with van der Waals surface area (Å²) >= 11 is 0. The Bertz CT molecular complexity index is 884. The van der Waals surface area contributed by atoms with E-state index in [2.05, 4.69) is 10.3 Å². The number of nitrogens with two attached hydrogens (primary N) is 1. The molecule has 0 radical (unpaired) electrons. The molecule has 1 aliphatic heterocycles. The van der Waals surface area contributed by atoms with Gasteiger partial charge in [-0.05, 0) is 36.2 Å². The van der Waals surface area contributed by atoms with E-state index in [4.69, 9.17) is 5.73 Å². The van der Waals surface area contributed by atoms with E-state index in [9.17, 15) is 13.2 Å². The predicted octanol–water partition coefficient (Wildman–Crippen LogP) is 0.824. The molecule has 3 rings (SSSR count). The molecule has 2 heterocycles. The number of hydrogen-bond acceptors (Lipinski definition) is 5. The lowest BCUT2D eigenvalue weighted by Crippen LogP contribution is -2.48. The van der Waals surface area contributed by atoms with Gasteiger partial charge in [-0.1, -0.05) is 12.1 Å². The van der Waals surface area contributed by atoms with Crippen LogP contribution in [0.1, 0.15) is 27.5 Å². The maximum atomic E-state index is 13.2. The summed E-state index contributed by atoms with van der Waals surface area (Å²) < 4.78 is 27.8. The van der Waals surface area contributed by atoms with Gasteiger partial charge in [0.15, 0.2) is 0 Å². The van der Waals surface area contributed by atoms with Crippen molar-refractivity contribution in [3.63, 3.8) is 0 Å². The van der Waals surface area contributed by atoms with Crippen molar-refractivity contribution < 1.29 is 13.2 Å². The van der Waals surface area contributed by atoms with E-state index in [-0.39, 0.29) is 16.5 Å². The van der Waals surface area contributed by atoms with E-state index >= 15 is 0 Å². The summed E-state index contributed by atoms with van der Waals surface area (Å²) in [5.74, 6) is -0.640. The van der Waals surface area contributed by atoms with E-state index in [1.54, 1.807) is 31.5 Å². The third-order valence-corrected chi connectivity index (χ3v) is 6.25. The minimum absolute atomic E-state index is 0.0719. The highest BCUT2D eigenvalue weighted by atomic mass is 32.2. The van der Waals surface area contributed by atoms with Crippen LogP contribution in [0.15, 0.2) is 47.6 Å². The topological polar surface area (TPSA) is 105 Å². The van der Waals surface area contributed by atoms with Gasteiger partial charge in [0.1, 0.15) is 0 Å². The summed E-state index contributed by atoms with van der Waals surface area (Å²) in [5, 5.41) is 3.22. The van der Waals surface area contributed by atoms with Gasteiger partial charge in [-0.15, -0.1) is 0 Å². The zero-order valence-corrected chi connectivity index (χ0v) is 14.7. The Morgan fingerprint density at radius 2 is 2.16 bits per heavy atom. The van der Waals surface area contributed by atoms with Crippen molar-refractivity contribution in [1.82, 2.24) is 14.6 Å². The number of amides is 1. The molecule has 2 aromatic rings. The number of hydrogen-bond donors (Lipinski definition) is 2. The summed E-state index contributed by atoms with van der Waals surface area (Å²) in [4.78, 5) is 15.7. The van der Waals surface area contributed by atoms with Crippen LogP contribution in [0.4, 0.5) is 0 Å². The second kappa shape index (κ2) is 6.91. The largest absolute Gasteiger partial charge is 0.366 e. The average Bonchev–Trinajstić information content (AvgIpc) is 2.62. The molecule has 0 saturated carbocycles. The second-order valence-corrected chi connectivity index (χ2v) is 7.85. The SMILES string of the molecule is Cc1ccc(S(=O)(=O)N2CCNCC2c2cccnc2)cc1C(N)=O. The molecule has 1 aromatic heterocycles. The summed E-state index contributed by atoms with van der Waals surface area (Å²) in [5.41, 5.74) is 7.04. The summed E-state index contributed by atoms with van der Waals surface area (Å²) in [6.45, 7) is 3.12. The molecule has 1 saturated heterocycles. The fraction of sp³-hybridized carbons (Fsp3) is 0.294. The Hall–Kier alpha value is -2.29. The third-order valence-electron chi connectivity index (χ3n) is 4.34. The van der Waals surface area contributed by atoms with Gasteiger partial charge in [0, 0.05) is 37.6 Å². The quantitative estimate of drug-likeness (QED) is 0.840. The molecular weight excluding hydrogens is 340 g/mol. The van der Waals surface area contributed by atoms with E-state index in [0.717, 1.165) is 5.56 Å². The highest BCUT2D eigenvalue weighted by Gasteiger charge is 2.34. The van der Waals surface area contributed by atoms with Crippen LogP contribution < -0.4 is 11.1 Å². The monoisotopic (exact) mass is 360 g/mol. The maximum Gasteiger partial charge on any atom is 0.249 e. The van der Waals surface area contributed by atoms with Crippen molar-refractivity contribution in [2.75, 3.05) is 19.6 Å². The lowest BCUT2D eigenvalue weighted by Gasteiger charge is -2.35. The number of nitrogens with zero attached hydrogens (tertiary/aromatic N) is 2. The molecule has 1 unspecified atom stereocenters. The zero-order chi connectivity index (χ0) is 18.0. The van der Waals surface area contributed by atoms with E-state index in [0.29, 0.717) is 25.2 Å². The zero-order valence-electron chi connectivity index (χ0n) is 13.8. The summed E-state index contributed by atoms with van der Waals surface area (Å²) in [6.07, 6.45) is 3.32. The average molecular weight is 360 g/mol. The molecule has 0 bridgehead atoms. The van der Waals surface area contributed by atoms with Crippen molar-refractivity contribution in [2.24, 2.45) is 5.73 Å². The van der Waals surface area contributed by atoms with Crippen molar-refractivity contribution >= 4 is 15.9 Å². The summed E-state index contributed by atoms with van der Waals surface area (Å²) in [7, 11) is -3.77. The van der Waals surface area contributed by atoms with Gasteiger partial charge in [-0.3, -0.25) is 9.78 Å². The van der Waals surface area contributed by atoms with Crippen LogP contribution in [0.25, 0.3) is 0 Å². The number of carbonyl (C=O) groups excluding carboxylic acids is 1. The lowest BCUT2D eigenvalue weighted by atomic mass is 10.1. The molecule has 1 atom stereocenters. The number of piperazine rings is 1. The number of sulfonamides is 1. The Balaban J connectivity index is 2.03. The molecule has 0 spiro atoms. The van der Waals surface area contributed by atoms with Gasteiger partial charge in [-0.25, -0.2) is 8.42 Å². The molecule has 0 aliphatic carbocycles. The number of aromatic nitrogens is 1. The Kier molecular flexibility index (Phi) is 4.85. The first-order valence-electron chi connectivity index (χ1n) is 7.94. The number of pyridine rings is 1. The van der Waals surface area contributed by atoms with Gasteiger partial charge in [0.25, 0.3) is 0 Å². The predicted molar refractivity (Wildman–Crippen MR) is 93.4 cm³/mol. The second-order valence-electron chi connectivity index (χ2n) is 5.96. The van der Waals surface area contributed by atoms with Crippen molar-refractivity contribution in [3.05, 3.63) is 59.4 Å². The van der Waals surface area contributed by atoms with E-state index in [1.165, 1.54) is 16.4 Å². The van der Waals surface area contributed by atoms with Crippen LogP contribution in [-0.4, -0.2) is 43.2 Å². The van der Waals surface area contributed by atoms with E-state index in [1.807, 2.05) is 6.07 Å². The molecule has 132 valence electrons. The maximum absolute atomic E-state index is 13.2. The minimum atomic E-state index is -3.77. The van der Waals surface area contributed by atoms with Gasteiger partial charge in [0.05, 0.1) is 10.9 Å². The van der Waals surface area contributed by atoms with Crippen LogP contribution in [0, 0.1) is 6.92 Å². The van der Waals surface area contributed by atoms with Crippen molar-refractivity contribution in [3.8, 4) is 0 Å². The molecule has 1 fully saturated rings. The number of benzene rings is 1. The van der Waals surface area contributed by atoms with Gasteiger partial charge in [0.2, 0.25) is 15.9 Å². The Morgan fingerprint density at radius 1 is 1.36 bits per heavy atom. The van der Waals surface area contributed by atoms with Crippen LogP contribution in [-0.2, 0) is 10.0 Å². The molecule has 25 heavy (non-hydrogen) atoms. The fourth-order valence-electron chi connectivity index (χ4n) is 2.99. The van der Waals surface area contributed by atoms with Crippen molar-refractivity contribution in [2.45, 2.75) is 17.9 Å². The van der Waals surface area contributed by atoms with Gasteiger partial charge >= 0.3 is 0 Å². The third kappa shape index (κ3) is 3.41. The molecule has 3 N–H and O–H groups in total.